The highest BCUT2D eigenvalue weighted by Crippen LogP contribution is 2.07. The second-order valence-corrected chi connectivity index (χ2v) is 4.14. The Kier molecular flexibility index (Phi) is 4.78. The minimum absolute atomic E-state index is 0.0666. The van der Waals surface area contributed by atoms with Gasteiger partial charge in [-0.05, 0) is 19.1 Å². The van der Waals surface area contributed by atoms with E-state index in [0.717, 1.165) is 5.56 Å². The van der Waals surface area contributed by atoms with Crippen molar-refractivity contribution in [3.63, 3.8) is 0 Å². The van der Waals surface area contributed by atoms with Gasteiger partial charge in [0.05, 0.1) is 0 Å². The molecule has 0 fully saturated rings. The molecule has 0 aliphatic carbocycles. The van der Waals surface area contributed by atoms with Crippen molar-refractivity contribution < 1.29 is 9.59 Å². The van der Waals surface area contributed by atoms with Crippen LogP contribution in [-0.2, 0) is 4.79 Å². The van der Waals surface area contributed by atoms with E-state index < -0.39 is 0 Å². The van der Waals surface area contributed by atoms with Gasteiger partial charge >= 0.3 is 0 Å². The highest BCUT2D eigenvalue weighted by atomic mass is 32.1. The minimum atomic E-state index is -0.335. The Balaban J connectivity index is 2.47. The molecule has 0 aromatic heterocycles. The van der Waals surface area contributed by atoms with Crippen LogP contribution in [0.3, 0.4) is 0 Å². The number of carbonyl (C=O) groups excluding carboxylic acids is 2. The minimum Gasteiger partial charge on any atom is -0.376 e. The van der Waals surface area contributed by atoms with Gasteiger partial charge in [-0.25, -0.2) is 0 Å². The van der Waals surface area contributed by atoms with E-state index in [-0.39, 0.29) is 29.6 Å². The third kappa shape index (κ3) is 4.74. The van der Waals surface area contributed by atoms with Crippen LogP contribution in [0, 0.1) is 6.92 Å². The molecule has 0 aliphatic rings. The Bertz CT molecular complexity index is 440. The van der Waals surface area contributed by atoms with Crippen molar-refractivity contribution in [2.75, 3.05) is 0 Å². The lowest BCUT2D eigenvalue weighted by atomic mass is 10.1. The normalized spacial score (nSPS) is 9.71. The molecule has 0 heterocycles. The van der Waals surface area contributed by atoms with Crippen molar-refractivity contribution in [1.82, 2.24) is 5.32 Å². The van der Waals surface area contributed by atoms with Gasteiger partial charge in [0.2, 0.25) is 5.91 Å². The van der Waals surface area contributed by atoms with Crippen LogP contribution in [-0.4, -0.2) is 16.8 Å². The standard InChI is InChI=1S/C12H14N2O2S/c1-8-2-4-9(5-3-8)10(15)6-7-11(16)14-12(13)17/h2-5H,6-7H2,1H3,(H3,13,14,16,17). The van der Waals surface area contributed by atoms with Gasteiger partial charge in [-0.3, -0.25) is 9.59 Å². The molecule has 17 heavy (non-hydrogen) atoms. The van der Waals surface area contributed by atoms with Crippen LogP contribution < -0.4 is 11.1 Å². The summed E-state index contributed by atoms with van der Waals surface area (Å²) >= 11 is 4.52. The van der Waals surface area contributed by atoms with Gasteiger partial charge in [0.15, 0.2) is 10.9 Å². The van der Waals surface area contributed by atoms with Gasteiger partial charge in [0, 0.05) is 18.4 Å². The highest BCUT2D eigenvalue weighted by Gasteiger charge is 2.09. The number of rotatable bonds is 4. The van der Waals surface area contributed by atoms with Crippen LogP contribution in [0.4, 0.5) is 0 Å². The second-order valence-electron chi connectivity index (χ2n) is 3.70. The number of hydrogen-bond donors (Lipinski definition) is 2. The van der Waals surface area contributed by atoms with E-state index >= 15 is 0 Å². The zero-order chi connectivity index (χ0) is 12.8. The molecule has 1 amide bonds. The van der Waals surface area contributed by atoms with Crippen LogP contribution in [0.5, 0.6) is 0 Å². The molecule has 1 aromatic carbocycles. The van der Waals surface area contributed by atoms with Gasteiger partial charge in [0.25, 0.3) is 0 Å². The topological polar surface area (TPSA) is 72.2 Å². The van der Waals surface area contributed by atoms with Crippen molar-refractivity contribution in [2.24, 2.45) is 5.73 Å². The first-order valence-corrected chi connectivity index (χ1v) is 5.59. The van der Waals surface area contributed by atoms with Crippen molar-refractivity contribution in [3.05, 3.63) is 35.4 Å². The number of nitrogens with one attached hydrogen (secondary N) is 1. The molecule has 0 radical (unpaired) electrons. The maximum absolute atomic E-state index is 11.7. The number of Topliss-reactive ketones (excluding diaryl/α,β-unsaturated/α-hetero) is 1. The number of hydrogen-bond acceptors (Lipinski definition) is 3. The average Bonchev–Trinajstić information content (AvgIpc) is 2.26. The van der Waals surface area contributed by atoms with E-state index in [1.165, 1.54) is 0 Å². The number of ketones is 1. The Morgan fingerprint density at radius 1 is 1.24 bits per heavy atom. The predicted octanol–water partition coefficient (Wildman–Crippen LogP) is 1.32. The van der Waals surface area contributed by atoms with Crippen molar-refractivity contribution in [1.29, 1.82) is 0 Å². The van der Waals surface area contributed by atoms with Gasteiger partial charge in [-0.1, -0.05) is 29.8 Å². The van der Waals surface area contributed by atoms with Crippen LogP contribution >= 0.6 is 12.2 Å². The maximum atomic E-state index is 11.7. The molecule has 1 rings (SSSR count). The van der Waals surface area contributed by atoms with Crippen molar-refractivity contribution in [2.45, 2.75) is 19.8 Å². The zero-order valence-electron chi connectivity index (χ0n) is 9.53. The summed E-state index contributed by atoms with van der Waals surface area (Å²) < 4.78 is 0. The van der Waals surface area contributed by atoms with Crippen LogP contribution in [0.2, 0.25) is 0 Å². The van der Waals surface area contributed by atoms with Crippen LogP contribution in [0.1, 0.15) is 28.8 Å². The number of benzene rings is 1. The smallest absolute Gasteiger partial charge is 0.226 e. The molecule has 3 N–H and O–H groups in total. The molecule has 1 aromatic rings. The Hall–Kier alpha value is -1.75. The molecule has 0 unspecified atom stereocenters. The van der Waals surface area contributed by atoms with E-state index in [1.54, 1.807) is 12.1 Å². The van der Waals surface area contributed by atoms with Crippen molar-refractivity contribution >= 4 is 29.0 Å². The molecule has 0 spiro atoms. The summed E-state index contributed by atoms with van der Waals surface area (Å²) in [6.07, 6.45) is 0.238. The van der Waals surface area contributed by atoms with E-state index in [4.69, 9.17) is 5.73 Å². The highest BCUT2D eigenvalue weighted by molar-refractivity contribution is 7.80. The first kappa shape index (κ1) is 13.3. The summed E-state index contributed by atoms with van der Waals surface area (Å²) in [5, 5.41) is 2.21. The zero-order valence-corrected chi connectivity index (χ0v) is 10.3. The van der Waals surface area contributed by atoms with Crippen LogP contribution in [0.25, 0.3) is 0 Å². The fourth-order valence-electron chi connectivity index (χ4n) is 1.31. The molecule has 4 nitrogen and oxygen atoms in total. The van der Waals surface area contributed by atoms with Crippen LogP contribution in [0.15, 0.2) is 24.3 Å². The van der Waals surface area contributed by atoms with Gasteiger partial charge in [0.1, 0.15) is 0 Å². The molecule has 0 saturated heterocycles. The number of thiocarbonyl (C=S) groups is 1. The van der Waals surface area contributed by atoms with Gasteiger partial charge < -0.3 is 11.1 Å². The van der Waals surface area contributed by atoms with E-state index in [0.29, 0.717) is 5.56 Å². The number of nitrogens with two attached hydrogens (primary N) is 1. The quantitative estimate of drug-likeness (QED) is 0.624. The summed E-state index contributed by atoms with van der Waals surface area (Å²) in [4.78, 5) is 22.9. The largest absolute Gasteiger partial charge is 0.376 e. The molecule has 0 saturated carbocycles. The van der Waals surface area contributed by atoms with Gasteiger partial charge in [-0.2, -0.15) is 0 Å². The molecule has 90 valence electrons. The molecule has 0 aliphatic heterocycles. The van der Waals surface area contributed by atoms with E-state index in [1.807, 2.05) is 19.1 Å². The summed E-state index contributed by atoms with van der Waals surface area (Å²) in [5.41, 5.74) is 6.84. The molecule has 0 atom stereocenters. The second kappa shape index (κ2) is 6.10. The Morgan fingerprint density at radius 3 is 2.35 bits per heavy atom. The van der Waals surface area contributed by atoms with Crippen molar-refractivity contribution in [3.8, 4) is 0 Å². The SMILES string of the molecule is Cc1ccc(C(=O)CCC(=O)NC(N)=S)cc1. The summed E-state index contributed by atoms with van der Waals surface area (Å²) in [6.45, 7) is 1.95. The summed E-state index contributed by atoms with van der Waals surface area (Å²) in [6, 6.07) is 7.23. The van der Waals surface area contributed by atoms with Gasteiger partial charge in [-0.15, -0.1) is 0 Å². The first-order chi connectivity index (χ1) is 7.99. The number of carbonyl (C=O) groups is 2. The summed E-state index contributed by atoms with van der Waals surface area (Å²) in [7, 11) is 0. The number of aryl methyl sites for hydroxylation is 1. The monoisotopic (exact) mass is 250 g/mol. The fourth-order valence-corrected chi connectivity index (χ4v) is 1.42. The lowest BCUT2D eigenvalue weighted by Crippen LogP contribution is -2.34. The maximum Gasteiger partial charge on any atom is 0.226 e. The van der Waals surface area contributed by atoms with E-state index in [2.05, 4.69) is 17.5 Å². The third-order valence-electron chi connectivity index (χ3n) is 2.22. The molecule has 0 bridgehead atoms. The molecular formula is C12H14N2O2S. The number of amides is 1. The lowest BCUT2D eigenvalue weighted by Gasteiger charge is -2.03. The Labute approximate surface area is 105 Å². The lowest BCUT2D eigenvalue weighted by molar-refractivity contribution is -0.119. The van der Waals surface area contributed by atoms with E-state index in [9.17, 15) is 9.59 Å². The summed E-state index contributed by atoms with van der Waals surface area (Å²) in [5.74, 6) is -0.402. The fraction of sp³-hybridized carbons (Fsp3) is 0.250. The molecular weight excluding hydrogens is 236 g/mol. The Morgan fingerprint density at radius 2 is 1.82 bits per heavy atom. The average molecular weight is 250 g/mol. The predicted molar refractivity (Wildman–Crippen MR) is 69.7 cm³/mol. The first-order valence-electron chi connectivity index (χ1n) is 5.18. The third-order valence-corrected chi connectivity index (χ3v) is 2.32. The molecule has 5 heteroatoms.